The summed E-state index contributed by atoms with van der Waals surface area (Å²) in [6, 6.07) is 5.21. The molecule has 6 saturated heterocycles. The minimum Gasteiger partial charge on any atom is -0.542 e. The fraction of sp³-hybridized carbons (Fsp3) is 0.739. The largest absolute Gasteiger partial charge is 0.542 e. The fourth-order valence-corrected chi connectivity index (χ4v) is 12.4. The van der Waals surface area contributed by atoms with Gasteiger partial charge in [-0.15, -0.1) is 22.7 Å². The monoisotopic (exact) mass is 980 g/mol. The number of hydrogen-bond donors (Lipinski definition) is 0. The van der Waals surface area contributed by atoms with Gasteiger partial charge in [-0.05, 0) is 76.6 Å². The predicted octanol–water partition coefficient (Wildman–Crippen LogP) is 7.57. The van der Waals surface area contributed by atoms with Crippen LogP contribution in [0.4, 0.5) is 35.9 Å². The number of alkyl halides is 6. The molecule has 8 heterocycles. The van der Waals surface area contributed by atoms with Crippen molar-refractivity contribution in [2.45, 2.75) is 154 Å². The second-order valence-corrected chi connectivity index (χ2v) is 22.3. The van der Waals surface area contributed by atoms with Crippen LogP contribution in [-0.4, -0.2) is 133 Å². The number of thiophene rings is 2. The van der Waals surface area contributed by atoms with Crippen LogP contribution in [0, 0.1) is 39.5 Å². The van der Waals surface area contributed by atoms with Crippen molar-refractivity contribution in [3.63, 3.8) is 0 Å². The summed E-state index contributed by atoms with van der Waals surface area (Å²) in [4.78, 5) is 53.3. The number of quaternary nitrogens is 2. The van der Waals surface area contributed by atoms with Crippen LogP contribution in [0.5, 0.6) is 0 Å². The predicted molar refractivity (Wildman–Crippen MR) is 233 cm³/mol. The molecular weight excluding hydrogens is 915 g/mol. The van der Waals surface area contributed by atoms with Gasteiger partial charge in [-0.1, -0.05) is 25.7 Å². The second-order valence-electron chi connectivity index (χ2n) is 19.6. The summed E-state index contributed by atoms with van der Waals surface area (Å²) in [5.74, 6) is -4.86. The zero-order valence-corrected chi connectivity index (χ0v) is 40.5. The molecule has 6 aliphatic heterocycles. The van der Waals surface area contributed by atoms with Crippen molar-refractivity contribution >= 4 is 46.8 Å². The Labute approximate surface area is 392 Å². The van der Waals surface area contributed by atoms with E-state index in [1.54, 1.807) is 0 Å². The van der Waals surface area contributed by atoms with Crippen molar-refractivity contribution in [2.24, 2.45) is 11.8 Å². The zero-order valence-electron chi connectivity index (χ0n) is 38.9. The van der Waals surface area contributed by atoms with Gasteiger partial charge in [0, 0.05) is 69.1 Å². The minimum atomic E-state index is -5.19. The van der Waals surface area contributed by atoms with E-state index in [0.29, 0.717) is 37.0 Å². The van der Waals surface area contributed by atoms with Gasteiger partial charge in [-0.2, -0.15) is 26.3 Å². The van der Waals surface area contributed by atoms with Gasteiger partial charge in [0.05, 0.1) is 53.4 Å². The van der Waals surface area contributed by atoms with Crippen molar-refractivity contribution in [1.82, 2.24) is 9.80 Å². The molecule has 2 aromatic rings. The fourth-order valence-electron chi connectivity index (χ4n) is 10.3. The average molecular weight is 981 g/mol. The Hall–Kier alpha value is -3.62. The van der Waals surface area contributed by atoms with Gasteiger partial charge in [-0.25, -0.2) is 9.59 Å². The van der Waals surface area contributed by atoms with Crippen LogP contribution >= 0.6 is 22.7 Å². The van der Waals surface area contributed by atoms with Gasteiger partial charge in [-0.3, -0.25) is 0 Å². The lowest BCUT2D eigenvalue weighted by atomic mass is 9.84. The Morgan fingerprint density at radius 2 is 0.879 bits per heavy atom. The molecule has 2 amide bonds. The van der Waals surface area contributed by atoms with Gasteiger partial charge >= 0.3 is 24.5 Å². The standard InChI is InChI=1S/2C21H33N2O2S.2C2HF3O2/c2*1-15-12-19(26-16(15)2)13-22(18-6-4-5-7-18)21(24)25-20-14-23(3)10-8-17(20)9-11-23;2*3-2(4,5)1(6)7/h2*12,17-18,20H,4-11,13-14H2,1-3H3;2*(H,6,7)/q2*+1;;/p-2/t2*17?,20-,23?;;/m00../s1. The summed E-state index contributed by atoms with van der Waals surface area (Å²) in [6.07, 6.45) is 3.99. The Morgan fingerprint density at radius 1 is 0.591 bits per heavy atom. The van der Waals surface area contributed by atoms with E-state index in [1.807, 2.05) is 22.7 Å². The van der Waals surface area contributed by atoms with Gasteiger partial charge in [0.1, 0.15) is 25.0 Å². The molecule has 10 rings (SSSR count). The highest BCUT2D eigenvalue weighted by Crippen LogP contribution is 2.37. The number of carbonyl (C=O) groups is 4. The summed E-state index contributed by atoms with van der Waals surface area (Å²) >= 11 is 3.65. The van der Waals surface area contributed by atoms with Crippen LogP contribution in [-0.2, 0) is 32.2 Å². The molecule has 0 spiro atoms. The van der Waals surface area contributed by atoms with Crippen LogP contribution in [0.15, 0.2) is 12.1 Å². The molecule has 8 fully saturated rings. The first kappa shape index (κ1) is 53.3. The van der Waals surface area contributed by atoms with Crippen LogP contribution in [0.25, 0.3) is 0 Å². The first-order valence-electron chi connectivity index (χ1n) is 23.1. The summed E-state index contributed by atoms with van der Waals surface area (Å²) in [5, 5.41) is 17.6. The number of amides is 2. The molecule has 2 aliphatic carbocycles. The Balaban J connectivity index is 0.000000193. The highest BCUT2D eigenvalue weighted by atomic mass is 32.1. The smallest absolute Gasteiger partial charge is 0.430 e. The minimum absolute atomic E-state index is 0.0639. The third kappa shape index (κ3) is 14.7. The Kier molecular flexibility index (Phi) is 17.9. The van der Waals surface area contributed by atoms with E-state index in [1.165, 1.54) is 108 Å². The molecule has 2 atom stereocenters. The van der Waals surface area contributed by atoms with E-state index in [2.05, 4.69) is 63.7 Å². The van der Waals surface area contributed by atoms with Crippen LogP contribution in [0.2, 0.25) is 0 Å². The number of carboxylic acids is 2. The lowest BCUT2D eigenvalue weighted by Crippen LogP contribution is -2.62. The van der Waals surface area contributed by atoms with E-state index >= 15 is 0 Å². The lowest BCUT2D eigenvalue weighted by Gasteiger charge is -2.50. The number of aryl methyl sites for hydroxylation is 4. The van der Waals surface area contributed by atoms with E-state index in [-0.39, 0.29) is 24.4 Å². The molecule has 0 N–H and O–H groups in total. The first-order chi connectivity index (χ1) is 30.8. The quantitative estimate of drug-likeness (QED) is 0.195. The summed E-state index contributed by atoms with van der Waals surface area (Å²) in [6.45, 7) is 17.1. The number of carboxylic acid groups (broad SMARTS) is 2. The normalized spacial score (nSPS) is 27.1. The van der Waals surface area contributed by atoms with Crippen molar-refractivity contribution in [3.8, 4) is 0 Å². The average Bonchev–Trinajstić information content (AvgIpc) is 4.07. The molecule has 2 aromatic heterocycles. The number of rotatable bonds is 8. The third-order valence-corrected chi connectivity index (χ3v) is 16.8. The number of ether oxygens (including phenoxy) is 2. The number of carbonyl (C=O) groups excluding carboxylic acids is 4. The molecule has 372 valence electrons. The summed E-state index contributed by atoms with van der Waals surface area (Å²) in [7, 11) is 4.64. The maximum atomic E-state index is 13.2. The van der Waals surface area contributed by atoms with Gasteiger partial charge < -0.3 is 48.0 Å². The van der Waals surface area contributed by atoms with Gasteiger partial charge in [0.2, 0.25) is 0 Å². The maximum absolute atomic E-state index is 13.2. The molecule has 12 nitrogen and oxygen atoms in total. The molecule has 2 saturated carbocycles. The maximum Gasteiger partial charge on any atom is 0.430 e. The summed E-state index contributed by atoms with van der Waals surface area (Å²) < 4.78 is 77.6. The number of aliphatic carboxylic acids is 2. The lowest BCUT2D eigenvalue weighted by molar-refractivity contribution is -0.928. The highest BCUT2D eigenvalue weighted by Gasteiger charge is 2.47. The van der Waals surface area contributed by atoms with Crippen molar-refractivity contribution in [1.29, 1.82) is 0 Å². The Morgan fingerprint density at radius 3 is 1.11 bits per heavy atom. The molecule has 4 bridgehead atoms. The molecule has 0 aromatic carbocycles. The molecule has 20 heteroatoms. The number of fused-ring (bicyclic) bond motifs is 6. The Bertz CT molecular complexity index is 1790. The van der Waals surface area contributed by atoms with Crippen molar-refractivity contribution in [3.05, 3.63) is 42.8 Å². The number of hydrogen-bond acceptors (Lipinski definition) is 10. The van der Waals surface area contributed by atoms with E-state index in [0.717, 1.165) is 47.7 Å². The van der Waals surface area contributed by atoms with E-state index < -0.39 is 24.3 Å². The van der Waals surface area contributed by atoms with Gasteiger partial charge in [0.25, 0.3) is 0 Å². The number of piperidine rings is 6. The highest BCUT2D eigenvalue weighted by molar-refractivity contribution is 7.12. The second kappa shape index (κ2) is 22.2. The SMILES string of the molecule is Cc1cc(CN(C(=O)O[C@H]2C[N+]3(C)CCC2CC3)C2CCCC2)sc1C.Cc1cc(CN(C(=O)O[C@H]2C[N+]3(C)CCC2CC3)C2CCCC2)sc1C.O=C([O-])C(F)(F)F.O=C([O-])C(F)(F)F. The van der Waals surface area contributed by atoms with E-state index in [9.17, 15) is 35.9 Å². The third-order valence-electron chi connectivity index (χ3n) is 14.5. The molecule has 0 radical (unpaired) electrons. The van der Waals surface area contributed by atoms with E-state index in [4.69, 9.17) is 29.3 Å². The van der Waals surface area contributed by atoms with Gasteiger partial charge in [0.15, 0.2) is 12.2 Å². The van der Waals surface area contributed by atoms with Crippen molar-refractivity contribution in [2.75, 3.05) is 53.4 Å². The topological polar surface area (TPSA) is 139 Å². The number of halogens is 6. The molecule has 66 heavy (non-hydrogen) atoms. The van der Waals surface area contributed by atoms with Crippen molar-refractivity contribution < 1.29 is 74.2 Å². The molecular formula is C46H66F6N4O8S2. The van der Waals surface area contributed by atoms with Crippen LogP contribution in [0.1, 0.15) is 108 Å². The molecule has 0 unspecified atom stereocenters. The number of nitrogens with zero attached hydrogens (tertiary/aromatic N) is 4. The first-order valence-corrected chi connectivity index (χ1v) is 24.7. The number of likely N-dealkylation sites (N-methyl/N-ethyl adjacent to an activating group) is 2. The van der Waals surface area contributed by atoms with Crippen LogP contribution < -0.4 is 10.2 Å². The van der Waals surface area contributed by atoms with Crippen LogP contribution in [0.3, 0.4) is 0 Å². The summed E-state index contributed by atoms with van der Waals surface area (Å²) in [5.41, 5.74) is 2.67. The zero-order chi connectivity index (χ0) is 48.8. The molecule has 8 aliphatic rings.